The molecule has 0 spiro atoms. The highest BCUT2D eigenvalue weighted by atomic mass is 19.1. The zero-order valence-electron chi connectivity index (χ0n) is 9.48. The topological polar surface area (TPSA) is 55.5 Å². The second kappa shape index (κ2) is 9.89. The summed E-state index contributed by atoms with van der Waals surface area (Å²) in [6.45, 7) is 3.13. The van der Waals surface area contributed by atoms with Crippen molar-refractivity contribution in [3.05, 3.63) is 48.3 Å². The third-order valence-electron chi connectivity index (χ3n) is 2.08. The van der Waals surface area contributed by atoms with Gasteiger partial charge in [-0.2, -0.15) is 0 Å². The molecule has 0 fully saturated rings. The van der Waals surface area contributed by atoms with E-state index in [0.717, 1.165) is 0 Å². The Morgan fingerprint density at radius 2 is 2.06 bits per heavy atom. The van der Waals surface area contributed by atoms with Crippen molar-refractivity contribution in [1.82, 2.24) is 0 Å². The summed E-state index contributed by atoms with van der Waals surface area (Å²) in [5.74, 6) is 3.25. The number of ether oxygens (including phenoxy) is 1. The van der Waals surface area contributed by atoms with Gasteiger partial charge in [0.15, 0.2) is 0 Å². The van der Waals surface area contributed by atoms with Gasteiger partial charge in [0.2, 0.25) is 0 Å². The number of benzene rings is 1. The highest BCUT2D eigenvalue weighted by Crippen LogP contribution is 2.07. The highest BCUT2D eigenvalue weighted by Gasteiger charge is 2.04. The van der Waals surface area contributed by atoms with Gasteiger partial charge in [-0.05, 0) is 18.1 Å². The van der Waals surface area contributed by atoms with Crippen LogP contribution in [-0.4, -0.2) is 24.6 Å². The van der Waals surface area contributed by atoms with E-state index in [1.807, 2.05) is 0 Å². The van der Waals surface area contributed by atoms with E-state index in [1.165, 1.54) is 12.1 Å². The average Bonchev–Trinajstić information content (AvgIpc) is 2.39. The molecular formula is C12H17F2NO2. The first-order valence-corrected chi connectivity index (χ1v) is 5.07. The van der Waals surface area contributed by atoms with Crippen LogP contribution < -0.4 is 5.90 Å². The number of alkyl halides is 1. The quantitative estimate of drug-likeness (QED) is 0.597. The van der Waals surface area contributed by atoms with Crippen molar-refractivity contribution >= 4 is 0 Å². The predicted octanol–water partition coefficient (Wildman–Crippen LogP) is 2.24. The standard InChI is InChI=1S/C12H14F2O.H3NO/c1-2-11(9-13)15-8-7-10-5-3-4-6-12(10)14;1-2/h2-6,11H,1,7-9H2;2H,1H2. The summed E-state index contributed by atoms with van der Waals surface area (Å²) in [5.41, 5.74) is 0.583. The fraction of sp³-hybridized carbons (Fsp3) is 0.333. The van der Waals surface area contributed by atoms with Gasteiger partial charge in [0, 0.05) is 0 Å². The Morgan fingerprint density at radius 1 is 1.41 bits per heavy atom. The zero-order chi connectivity index (χ0) is 13.1. The molecule has 5 heteroatoms. The van der Waals surface area contributed by atoms with Crippen LogP contribution in [-0.2, 0) is 11.2 Å². The number of hydrogen-bond acceptors (Lipinski definition) is 3. The van der Waals surface area contributed by atoms with Gasteiger partial charge in [-0.3, -0.25) is 0 Å². The Balaban J connectivity index is 0.00000121. The molecule has 0 amide bonds. The van der Waals surface area contributed by atoms with E-state index in [4.69, 9.17) is 9.94 Å². The molecule has 17 heavy (non-hydrogen) atoms. The van der Waals surface area contributed by atoms with Gasteiger partial charge in [0.1, 0.15) is 18.6 Å². The second-order valence-corrected chi connectivity index (χ2v) is 3.14. The number of hydrogen-bond donors (Lipinski definition) is 2. The SMILES string of the molecule is C=CC(CF)OCCc1ccccc1F.NO. The van der Waals surface area contributed by atoms with Crippen molar-refractivity contribution in [3.63, 3.8) is 0 Å². The molecule has 0 saturated heterocycles. The molecule has 0 bridgehead atoms. The first-order chi connectivity index (χ1) is 8.27. The van der Waals surface area contributed by atoms with E-state index in [2.05, 4.69) is 12.5 Å². The van der Waals surface area contributed by atoms with E-state index >= 15 is 0 Å². The fourth-order valence-electron chi connectivity index (χ4n) is 1.20. The first kappa shape index (κ1) is 15.7. The molecule has 0 saturated carbocycles. The maximum absolute atomic E-state index is 13.1. The maximum atomic E-state index is 13.1. The van der Waals surface area contributed by atoms with E-state index in [1.54, 1.807) is 18.2 Å². The Labute approximate surface area is 99.5 Å². The molecule has 0 aliphatic heterocycles. The van der Waals surface area contributed by atoms with Crippen LogP contribution in [0.3, 0.4) is 0 Å². The van der Waals surface area contributed by atoms with Crippen LogP contribution in [0, 0.1) is 5.82 Å². The molecule has 1 unspecified atom stereocenters. The lowest BCUT2D eigenvalue weighted by atomic mass is 10.1. The van der Waals surface area contributed by atoms with Gasteiger partial charge >= 0.3 is 0 Å². The van der Waals surface area contributed by atoms with Crippen molar-refractivity contribution < 1.29 is 18.7 Å². The number of halogens is 2. The molecule has 0 aromatic heterocycles. The summed E-state index contributed by atoms with van der Waals surface area (Å²) < 4.78 is 30.5. The first-order valence-electron chi connectivity index (χ1n) is 5.07. The monoisotopic (exact) mass is 245 g/mol. The Hall–Kier alpha value is -1.30. The Morgan fingerprint density at radius 3 is 2.59 bits per heavy atom. The molecule has 1 aromatic carbocycles. The van der Waals surface area contributed by atoms with Crippen molar-refractivity contribution in [3.8, 4) is 0 Å². The molecule has 1 rings (SSSR count). The van der Waals surface area contributed by atoms with E-state index in [0.29, 0.717) is 18.6 Å². The third kappa shape index (κ3) is 6.11. The van der Waals surface area contributed by atoms with Gasteiger partial charge in [0.05, 0.1) is 6.61 Å². The highest BCUT2D eigenvalue weighted by molar-refractivity contribution is 5.17. The van der Waals surface area contributed by atoms with Crippen molar-refractivity contribution in [2.75, 3.05) is 13.3 Å². The van der Waals surface area contributed by atoms with E-state index in [-0.39, 0.29) is 5.82 Å². The lowest BCUT2D eigenvalue weighted by molar-refractivity contribution is 0.0694. The molecule has 1 atom stereocenters. The van der Waals surface area contributed by atoms with Crippen LogP contribution in [0.15, 0.2) is 36.9 Å². The Bertz CT molecular complexity index is 321. The number of nitrogens with two attached hydrogens (primary N) is 1. The van der Waals surface area contributed by atoms with Gasteiger partial charge in [-0.25, -0.2) is 14.7 Å². The van der Waals surface area contributed by atoms with Crippen LogP contribution in [0.4, 0.5) is 8.78 Å². The van der Waals surface area contributed by atoms with Crippen molar-refractivity contribution in [2.24, 2.45) is 5.90 Å². The zero-order valence-corrected chi connectivity index (χ0v) is 9.48. The third-order valence-corrected chi connectivity index (χ3v) is 2.08. The second-order valence-electron chi connectivity index (χ2n) is 3.14. The van der Waals surface area contributed by atoms with Crippen LogP contribution in [0.1, 0.15) is 5.56 Å². The van der Waals surface area contributed by atoms with Gasteiger partial charge in [-0.15, -0.1) is 6.58 Å². The summed E-state index contributed by atoms with van der Waals surface area (Å²) in [4.78, 5) is 0. The molecular weight excluding hydrogens is 228 g/mol. The minimum Gasteiger partial charge on any atom is -0.371 e. The van der Waals surface area contributed by atoms with Gasteiger partial charge < -0.3 is 9.94 Å². The van der Waals surface area contributed by atoms with Gasteiger partial charge in [0.25, 0.3) is 0 Å². The number of rotatable bonds is 6. The van der Waals surface area contributed by atoms with Crippen molar-refractivity contribution in [1.29, 1.82) is 0 Å². The van der Waals surface area contributed by atoms with Crippen LogP contribution in [0.2, 0.25) is 0 Å². The normalized spacial score (nSPS) is 11.3. The maximum Gasteiger partial charge on any atom is 0.126 e. The minimum atomic E-state index is -0.596. The summed E-state index contributed by atoms with van der Waals surface area (Å²) in [7, 11) is 0. The molecule has 0 aliphatic carbocycles. The molecule has 1 aromatic rings. The summed E-state index contributed by atoms with van der Waals surface area (Å²) >= 11 is 0. The summed E-state index contributed by atoms with van der Waals surface area (Å²) in [6.07, 6.45) is 1.26. The molecule has 3 nitrogen and oxygen atoms in total. The summed E-state index contributed by atoms with van der Waals surface area (Å²) in [6, 6.07) is 6.48. The van der Waals surface area contributed by atoms with E-state index in [9.17, 15) is 8.78 Å². The van der Waals surface area contributed by atoms with E-state index < -0.39 is 12.8 Å². The molecule has 3 N–H and O–H groups in total. The van der Waals surface area contributed by atoms with Crippen molar-refractivity contribution in [2.45, 2.75) is 12.5 Å². The molecule has 0 aliphatic rings. The molecule has 0 heterocycles. The average molecular weight is 245 g/mol. The predicted molar refractivity (Wildman–Crippen MR) is 62.0 cm³/mol. The van der Waals surface area contributed by atoms with Crippen LogP contribution in [0.5, 0.6) is 0 Å². The largest absolute Gasteiger partial charge is 0.371 e. The fourth-order valence-corrected chi connectivity index (χ4v) is 1.20. The van der Waals surface area contributed by atoms with Crippen LogP contribution in [0.25, 0.3) is 0 Å². The Kier molecular flexibility index (Phi) is 9.14. The minimum absolute atomic E-state index is 0.253. The molecule has 96 valence electrons. The van der Waals surface area contributed by atoms with Gasteiger partial charge in [-0.1, -0.05) is 24.3 Å². The smallest absolute Gasteiger partial charge is 0.126 e. The summed E-state index contributed by atoms with van der Waals surface area (Å²) in [5, 5.41) is 6.50. The lowest BCUT2D eigenvalue weighted by Crippen LogP contribution is -2.14. The van der Waals surface area contributed by atoms with Crippen LogP contribution >= 0.6 is 0 Å². The molecule has 0 radical (unpaired) electrons. The lowest BCUT2D eigenvalue weighted by Gasteiger charge is -2.09.